The van der Waals surface area contributed by atoms with Crippen molar-refractivity contribution >= 4 is 28.4 Å². The van der Waals surface area contributed by atoms with Crippen LogP contribution in [-0.4, -0.2) is 29.1 Å². The highest BCUT2D eigenvalue weighted by molar-refractivity contribution is 14.1. The maximum absolute atomic E-state index is 5.81. The summed E-state index contributed by atoms with van der Waals surface area (Å²) in [6.45, 7) is 4.00. The minimum atomic E-state index is 0.424. The number of rotatable bonds is 2. The molecule has 0 saturated carbocycles. The van der Waals surface area contributed by atoms with E-state index in [0.29, 0.717) is 18.5 Å². The summed E-state index contributed by atoms with van der Waals surface area (Å²) >= 11 is 2.28. The van der Waals surface area contributed by atoms with Crippen LogP contribution >= 0.6 is 22.6 Å². The van der Waals surface area contributed by atoms with Crippen molar-refractivity contribution in [2.45, 2.75) is 19.4 Å². The van der Waals surface area contributed by atoms with Crippen LogP contribution < -0.4 is 10.6 Å². The SMILES string of the molecule is CC1CCN(c2ncncc2I)C1CN. The van der Waals surface area contributed by atoms with Crippen LogP contribution in [0.5, 0.6) is 0 Å². The first-order valence-electron chi connectivity index (χ1n) is 5.16. The van der Waals surface area contributed by atoms with Crippen molar-refractivity contribution in [3.05, 3.63) is 16.1 Å². The maximum atomic E-state index is 5.81. The van der Waals surface area contributed by atoms with Gasteiger partial charge in [0.25, 0.3) is 0 Å². The molecule has 2 atom stereocenters. The summed E-state index contributed by atoms with van der Waals surface area (Å²) in [5, 5.41) is 0. The third kappa shape index (κ3) is 2.08. The Bertz CT molecular complexity index is 344. The molecule has 1 aliphatic rings. The Morgan fingerprint density at radius 1 is 1.67 bits per heavy atom. The van der Waals surface area contributed by atoms with Gasteiger partial charge >= 0.3 is 0 Å². The Balaban J connectivity index is 2.28. The zero-order chi connectivity index (χ0) is 10.8. The number of anilines is 1. The zero-order valence-electron chi connectivity index (χ0n) is 8.73. The molecular formula is C10H15IN4. The van der Waals surface area contributed by atoms with E-state index in [0.717, 1.165) is 15.9 Å². The van der Waals surface area contributed by atoms with Crippen LogP contribution in [0.1, 0.15) is 13.3 Å². The Morgan fingerprint density at radius 3 is 3.13 bits per heavy atom. The van der Waals surface area contributed by atoms with Gasteiger partial charge < -0.3 is 10.6 Å². The van der Waals surface area contributed by atoms with E-state index in [1.165, 1.54) is 6.42 Å². The number of halogens is 1. The molecule has 0 aliphatic carbocycles. The van der Waals surface area contributed by atoms with Crippen molar-refractivity contribution < 1.29 is 0 Å². The second-order valence-electron chi connectivity index (χ2n) is 3.96. The number of aromatic nitrogens is 2. The van der Waals surface area contributed by atoms with E-state index in [-0.39, 0.29) is 0 Å². The van der Waals surface area contributed by atoms with Crippen molar-refractivity contribution in [1.29, 1.82) is 0 Å². The van der Waals surface area contributed by atoms with E-state index in [2.05, 4.69) is 44.4 Å². The Kier molecular flexibility index (Phi) is 3.40. The summed E-state index contributed by atoms with van der Waals surface area (Å²) < 4.78 is 1.10. The normalized spacial score (nSPS) is 25.9. The molecule has 15 heavy (non-hydrogen) atoms. The molecule has 2 N–H and O–H groups in total. The second kappa shape index (κ2) is 4.61. The van der Waals surface area contributed by atoms with Gasteiger partial charge in [0.1, 0.15) is 12.1 Å². The first kappa shape index (κ1) is 11.1. The molecular weight excluding hydrogens is 303 g/mol. The van der Waals surface area contributed by atoms with Gasteiger partial charge in [0.2, 0.25) is 0 Å². The van der Waals surface area contributed by atoms with Gasteiger partial charge in [-0.2, -0.15) is 0 Å². The third-order valence-electron chi connectivity index (χ3n) is 3.04. The molecule has 0 aromatic carbocycles. The van der Waals surface area contributed by atoms with Crippen molar-refractivity contribution in [1.82, 2.24) is 9.97 Å². The molecule has 82 valence electrons. The van der Waals surface area contributed by atoms with Gasteiger partial charge in [-0.05, 0) is 34.9 Å². The highest BCUT2D eigenvalue weighted by atomic mass is 127. The molecule has 2 unspecified atom stereocenters. The van der Waals surface area contributed by atoms with Crippen LogP contribution in [0, 0.1) is 9.49 Å². The van der Waals surface area contributed by atoms with E-state index >= 15 is 0 Å². The fourth-order valence-corrected chi connectivity index (χ4v) is 2.76. The maximum Gasteiger partial charge on any atom is 0.145 e. The first-order chi connectivity index (χ1) is 7.24. The smallest absolute Gasteiger partial charge is 0.145 e. The molecule has 0 radical (unpaired) electrons. The van der Waals surface area contributed by atoms with Crippen molar-refractivity contribution in [2.75, 3.05) is 18.0 Å². The largest absolute Gasteiger partial charge is 0.351 e. The van der Waals surface area contributed by atoms with Crippen LogP contribution in [0.15, 0.2) is 12.5 Å². The summed E-state index contributed by atoms with van der Waals surface area (Å²) in [5.74, 6) is 1.69. The molecule has 1 aromatic heterocycles. The van der Waals surface area contributed by atoms with Crippen molar-refractivity contribution in [3.63, 3.8) is 0 Å². The van der Waals surface area contributed by atoms with Crippen LogP contribution in [-0.2, 0) is 0 Å². The quantitative estimate of drug-likeness (QED) is 0.834. The average molecular weight is 318 g/mol. The third-order valence-corrected chi connectivity index (χ3v) is 3.81. The second-order valence-corrected chi connectivity index (χ2v) is 5.12. The van der Waals surface area contributed by atoms with E-state index in [1.807, 2.05) is 6.20 Å². The molecule has 2 heterocycles. The lowest BCUT2D eigenvalue weighted by Gasteiger charge is -2.27. The first-order valence-corrected chi connectivity index (χ1v) is 6.24. The van der Waals surface area contributed by atoms with Gasteiger partial charge in [-0.3, -0.25) is 0 Å². The highest BCUT2D eigenvalue weighted by Gasteiger charge is 2.31. The van der Waals surface area contributed by atoms with Crippen LogP contribution in [0.3, 0.4) is 0 Å². The minimum absolute atomic E-state index is 0.424. The van der Waals surface area contributed by atoms with Crippen molar-refractivity contribution in [2.24, 2.45) is 11.7 Å². The molecule has 0 spiro atoms. The van der Waals surface area contributed by atoms with E-state index in [9.17, 15) is 0 Å². The molecule has 1 aromatic rings. The van der Waals surface area contributed by atoms with Crippen LogP contribution in [0.4, 0.5) is 5.82 Å². The fourth-order valence-electron chi connectivity index (χ4n) is 2.15. The van der Waals surface area contributed by atoms with E-state index in [1.54, 1.807) is 6.33 Å². The number of hydrogen-bond donors (Lipinski definition) is 1. The van der Waals surface area contributed by atoms with Gasteiger partial charge in [-0.25, -0.2) is 9.97 Å². The number of nitrogens with two attached hydrogens (primary N) is 1. The average Bonchev–Trinajstić information content (AvgIpc) is 2.60. The zero-order valence-corrected chi connectivity index (χ0v) is 10.9. The lowest BCUT2D eigenvalue weighted by Crippen LogP contribution is -2.39. The lowest BCUT2D eigenvalue weighted by molar-refractivity contribution is 0.517. The minimum Gasteiger partial charge on any atom is -0.351 e. The summed E-state index contributed by atoms with van der Waals surface area (Å²) in [6, 6.07) is 0.424. The molecule has 5 heteroatoms. The van der Waals surface area contributed by atoms with E-state index < -0.39 is 0 Å². The molecule has 1 fully saturated rings. The highest BCUT2D eigenvalue weighted by Crippen LogP contribution is 2.29. The van der Waals surface area contributed by atoms with Crippen LogP contribution in [0.25, 0.3) is 0 Å². The molecule has 2 rings (SSSR count). The van der Waals surface area contributed by atoms with Gasteiger partial charge in [-0.15, -0.1) is 0 Å². The number of nitrogens with zero attached hydrogens (tertiary/aromatic N) is 3. The van der Waals surface area contributed by atoms with Gasteiger partial charge in [0, 0.05) is 25.3 Å². The molecule has 4 nitrogen and oxygen atoms in total. The standard InChI is InChI=1S/C10H15IN4/c1-7-2-3-15(9(7)4-12)10-8(11)5-13-6-14-10/h5-7,9H,2-4,12H2,1H3. The Labute approximate surface area is 103 Å². The summed E-state index contributed by atoms with van der Waals surface area (Å²) in [5.41, 5.74) is 5.81. The topological polar surface area (TPSA) is 55.0 Å². The molecule has 1 saturated heterocycles. The fraction of sp³-hybridized carbons (Fsp3) is 0.600. The molecule has 1 aliphatic heterocycles. The molecule has 0 amide bonds. The summed E-state index contributed by atoms with van der Waals surface area (Å²) in [4.78, 5) is 10.7. The molecule has 0 bridgehead atoms. The Morgan fingerprint density at radius 2 is 2.47 bits per heavy atom. The summed E-state index contributed by atoms with van der Waals surface area (Å²) in [6.07, 6.45) is 4.65. The summed E-state index contributed by atoms with van der Waals surface area (Å²) in [7, 11) is 0. The number of hydrogen-bond acceptors (Lipinski definition) is 4. The lowest BCUT2D eigenvalue weighted by atomic mass is 10.0. The van der Waals surface area contributed by atoms with E-state index in [4.69, 9.17) is 5.73 Å². The van der Waals surface area contributed by atoms with Gasteiger partial charge in [-0.1, -0.05) is 6.92 Å². The predicted molar refractivity (Wildman–Crippen MR) is 68.7 cm³/mol. The monoisotopic (exact) mass is 318 g/mol. The van der Waals surface area contributed by atoms with Gasteiger partial charge in [0.05, 0.1) is 3.57 Å². The van der Waals surface area contributed by atoms with Crippen molar-refractivity contribution in [3.8, 4) is 0 Å². The predicted octanol–water partition coefficient (Wildman–Crippen LogP) is 1.25. The Hall–Kier alpha value is -0.430. The van der Waals surface area contributed by atoms with Crippen LogP contribution in [0.2, 0.25) is 0 Å². The van der Waals surface area contributed by atoms with Gasteiger partial charge in [0.15, 0.2) is 0 Å².